The molecule has 21 heavy (non-hydrogen) atoms. The summed E-state index contributed by atoms with van der Waals surface area (Å²) in [6.07, 6.45) is 1.95. The number of hydrogen-bond acceptors (Lipinski definition) is 6. The zero-order chi connectivity index (χ0) is 15.4. The highest BCUT2D eigenvalue weighted by atomic mass is 32.2. The van der Waals surface area contributed by atoms with Crippen molar-refractivity contribution < 1.29 is 9.47 Å². The van der Waals surface area contributed by atoms with E-state index in [0.717, 1.165) is 0 Å². The number of hydrogen-bond donors (Lipinski definition) is 2. The number of nitrogens with two attached hydrogens (primary N) is 1. The van der Waals surface area contributed by atoms with Crippen LogP contribution in [-0.2, 0) is 5.75 Å². The Morgan fingerprint density at radius 1 is 1.29 bits per heavy atom. The first kappa shape index (κ1) is 15.2. The van der Waals surface area contributed by atoms with Crippen LogP contribution in [0, 0.1) is 0 Å². The Bertz CT molecular complexity index is 700. The Balaban J connectivity index is 2.56. The van der Waals surface area contributed by atoms with E-state index >= 15 is 0 Å². The van der Waals surface area contributed by atoms with Crippen molar-refractivity contribution in [3.8, 4) is 22.8 Å². The van der Waals surface area contributed by atoms with E-state index in [1.165, 1.54) is 20.3 Å². The lowest BCUT2D eigenvalue weighted by Gasteiger charge is -2.12. The molecule has 0 amide bonds. The standard InChI is InChI=1S/C14H17N3O3S/c1-19-11-5-8(4-9(15)14(11)20-2)10-6-13(18)17-12(16-10)7-21-3/h4-6H,7,15H2,1-3H3,(H,16,17,18). The minimum absolute atomic E-state index is 0.197. The monoisotopic (exact) mass is 307 g/mol. The Kier molecular flexibility index (Phi) is 4.74. The van der Waals surface area contributed by atoms with Gasteiger partial charge >= 0.3 is 0 Å². The Labute approximate surface area is 126 Å². The van der Waals surface area contributed by atoms with Gasteiger partial charge in [0.15, 0.2) is 11.5 Å². The topological polar surface area (TPSA) is 90.2 Å². The summed E-state index contributed by atoms with van der Waals surface area (Å²) in [6, 6.07) is 4.90. The number of anilines is 1. The molecule has 112 valence electrons. The number of nitrogens with one attached hydrogen (secondary N) is 1. The van der Waals surface area contributed by atoms with Gasteiger partial charge in [0.25, 0.3) is 5.56 Å². The van der Waals surface area contributed by atoms with E-state index in [-0.39, 0.29) is 5.56 Å². The molecule has 2 rings (SSSR count). The molecule has 0 saturated heterocycles. The number of H-pyrrole nitrogens is 1. The molecule has 1 aromatic carbocycles. The second-order valence-electron chi connectivity index (χ2n) is 4.31. The van der Waals surface area contributed by atoms with Crippen LogP contribution in [0.1, 0.15) is 5.82 Å². The van der Waals surface area contributed by atoms with Crippen LogP contribution < -0.4 is 20.8 Å². The Morgan fingerprint density at radius 3 is 2.67 bits per heavy atom. The van der Waals surface area contributed by atoms with Crippen LogP contribution in [0.15, 0.2) is 23.0 Å². The fourth-order valence-corrected chi connectivity index (χ4v) is 2.41. The molecule has 2 aromatic rings. The summed E-state index contributed by atoms with van der Waals surface area (Å²) < 4.78 is 10.5. The molecule has 0 radical (unpaired) electrons. The van der Waals surface area contributed by atoms with Gasteiger partial charge in [-0.15, -0.1) is 0 Å². The summed E-state index contributed by atoms with van der Waals surface area (Å²) in [5.74, 6) is 2.22. The molecule has 1 heterocycles. The van der Waals surface area contributed by atoms with Crippen molar-refractivity contribution in [1.29, 1.82) is 0 Å². The largest absolute Gasteiger partial charge is 0.493 e. The number of methoxy groups -OCH3 is 2. The van der Waals surface area contributed by atoms with Gasteiger partial charge in [-0.05, 0) is 18.4 Å². The summed E-state index contributed by atoms with van der Waals surface area (Å²) in [6.45, 7) is 0. The van der Waals surface area contributed by atoms with Gasteiger partial charge in [-0.3, -0.25) is 4.79 Å². The van der Waals surface area contributed by atoms with Crippen LogP contribution in [0.3, 0.4) is 0 Å². The fraction of sp³-hybridized carbons (Fsp3) is 0.286. The molecule has 6 nitrogen and oxygen atoms in total. The van der Waals surface area contributed by atoms with E-state index in [0.29, 0.717) is 40.0 Å². The van der Waals surface area contributed by atoms with Gasteiger partial charge in [0.2, 0.25) is 0 Å². The first-order valence-electron chi connectivity index (χ1n) is 6.20. The number of thioether (sulfide) groups is 1. The van der Waals surface area contributed by atoms with E-state index in [4.69, 9.17) is 15.2 Å². The summed E-state index contributed by atoms with van der Waals surface area (Å²) in [5, 5.41) is 0. The van der Waals surface area contributed by atoms with Crippen molar-refractivity contribution in [2.24, 2.45) is 0 Å². The van der Waals surface area contributed by atoms with Crippen LogP contribution in [0.25, 0.3) is 11.3 Å². The lowest BCUT2D eigenvalue weighted by Crippen LogP contribution is -2.10. The second-order valence-corrected chi connectivity index (χ2v) is 5.18. The molecule has 0 spiro atoms. The summed E-state index contributed by atoms with van der Waals surface area (Å²) in [4.78, 5) is 18.9. The minimum Gasteiger partial charge on any atom is -0.493 e. The first-order valence-corrected chi connectivity index (χ1v) is 7.59. The smallest absolute Gasteiger partial charge is 0.251 e. The molecule has 0 aliphatic rings. The highest BCUT2D eigenvalue weighted by Crippen LogP contribution is 2.37. The Hall–Kier alpha value is -2.15. The van der Waals surface area contributed by atoms with Crippen molar-refractivity contribution in [3.05, 3.63) is 34.4 Å². The number of nitrogens with zero attached hydrogens (tertiary/aromatic N) is 1. The molecule has 7 heteroatoms. The second kappa shape index (κ2) is 6.53. The normalized spacial score (nSPS) is 10.4. The van der Waals surface area contributed by atoms with Crippen LogP contribution >= 0.6 is 11.8 Å². The third kappa shape index (κ3) is 3.30. The van der Waals surface area contributed by atoms with Gasteiger partial charge in [-0.25, -0.2) is 4.98 Å². The number of aromatic amines is 1. The zero-order valence-electron chi connectivity index (χ0n) is 12.1. The van der Waals surface area contributed by atoms with Crippen molar-refractivity contribution in [3.63, 3.8) is 0 Å². The molecule has 0 bridgehead atoms. The van der Waals surface area contributed by atoms with E-state index in [2.05, 4.69) is 9.97 Å². The first-order chi connectivity index (χ1) is 10.1. The number of ether oxygens (including phenoxy) is 2. The van der Waals surface area contributed by atoms with Crippen LogP contribution in [0.4, 0.5) is 5.69 Å². The lowest BCUT2D eigenvalue weighted by atomic mass is 10.1. The molecule has 3 N–H and O–H groups in total. The summed E-state index contributed by atoms with van der Waals surface area (Å²) in [7, 11) is 3.06. The predicted molar refractivity (Wildman–Crippen MR) is 85.0 cm³/mol. The third-order valence-corrected chi connectivity index (χ3v) is 3.44. The van der Waals surface area contributed by atoms with Crippen LogP contribution in [0.5, 0.6) is 11.5 Å². The van der Waals surface area contributed by atoms with E-state index in [9.17, 15) is 4.79 Å². The van der Waals surface area contributed by atoms with E-state index < -0.39 is 0 Å². The van der Waals surface area contributed by atoms with Crippen molar-refractivity contribution >= 4 is 17.4 Å². The molecular formula is C14H17N3O3S. The molecule has 1 aromatic heterocycles. The predicted octanol–water partition coefficient (Wildman–Crippen LogP) is 1.90. The minimum atomic E-state index is -0.197. The maximum Gasteiger partial charge on any atom is 0.251 e. The van der Waals surface area contributed by atoms with E-state index in [1.807, 2.05) is 6.26 Å². The highest BCUT2D eigenvalue weighted by Gasteiger charge is 2.13. The molecule has 0 aliphatic carbocycles. The SMILES string of the molecule is COc1cc(-c2cc(=O)[nH]c(CSC)n2)cc(N)c1OC. The van der Waals surface area contributed by atoms with Gasteiger partial charge in [0.05, 0.1) is 31.4 Å². The number of nitrogen functional groups attached to an aromatic ring is 1. The van der Waals surface area contributed by atoms with Crippen LogP contribution in [0.2, 0.25) is 0 Å². The lowest BCUT2D eigenvalue weighted by molar-refractivity contribution is 0.356. The third-order valence-electron chi connectivity index (χ3n) is 2.88. The highest BCUT2D eigenvalue weighted by molar-refractivity contribution is 7.97. The van der Waals surface area contributed by atoms with Crippen molar-refractivity contribution in [2.75, 3.05) is 26.2 Å². The van der Waals surface area contributed by atoms with Gasteiger partial charge in [0.1, 0.15) is 5.82 Å². The van der Waals surface area contributed by atoms with Crippen molar-refractivity contribution in [1.82, 2.24) is 9.97 Å². The van der Waals surface area contributed by atoms with E-state index in [1.54, 1.807) is 23.9 Å². The van der Waals surface area contributed by atoms with Crippen molar-refractivity contribution in [2.45, 2.75) is 5.75 Å². The number of benzene rings is 1. The number of aromatic nitrogens is 2. The summed E-state index contributed by atoms with van der Waals surface area (Å²) >= 11 is 1.58. The van der Waals surface area contributed by atoms with Gasteiger partial charge < -0.3 is 20.2 Å². The maximum atomic E-state index is 11.7. The number of rotatable bonds is 5. The Morgan fingerprint density at radius 2 is 2.05 bits per heavy atom. The molecule has 0 saturated carbocycles. The summed E-state index contributed by atoms with van der Waals surface area (Å²) in [5.41, 5.74) is 7.45. The zero-order valence-corrected chi connectivity index (χ0v) is 12.9. The molecule has 0 atom stereocenters. The average Bonchev–Trinajstić information content (AvgIpc) is 2.46. The van der Waals surface area contributed by atoms with Gasteiger partial charge in [-0.1, -0.05) is 0 Å². The molecule has 0 fully saturated rings. The van der Waals surface area contributed by atoms with Crippen LogP contribution in [-0.4, -0.2) is 30.4 Å². The van der Waals surface area contributed by atoms with Gasteiger partial charge in [-0.2, -0.15) is 11.8 Å². The fourth-order valence-electron chi connectivity index (χ4n) is 2.00. The van der Waals surface area contributed by atoms with Gasteiger partial charge in [0, 0.05) is 11.6 Å². The molecule has 0 unspecified atom stereocenters. The average molecular weight is 307 g/mol. The molecule has 0 aliphatic heterocycles. The molecular weight excluding hydrogens is 290 g/mol. The maximum absolute atomic E-state index is 11.7. The quantitative estimate of drug-likeness (QED) is 0.820.